The SMILES string of the molecule is COc1ccccc1CCNC(=O)/C=C/c1ccc(OC)c(OC)c1. The van der Waals surface area contributed by atoms with Gasteiger partial charge in [0.15, 0.2) is 11.5 Å². The summed E-state index contributed by atoms with van der Waals surface area (Å²) in [6.07, 6.45) is 3.95. The number of ether oxygens (including phenoxy) is 3. The second-order valence-corrected chi connectivity index (χ2v) is 5.30. The highest BCUT2D eigenvalue weighted by molar-refractivity contribution is 5.91. The summed E-state index contributed by atoms with van der Waals surface area (Å²) in [6.45, 7) is 0.537. The van der Waals surface area contributed by atoms with Crippen molar-refractivity contribution in [3.05, 3.63) is 59.7 Å². The molecule has 0 fully saturated rings. The Labute approximate surface area is 148 Å². The molecule has 0 heterocycles. The van der Waals surface area contributed by atoms with Crippen LogP contribution in [0, 0.1) is 0 Å². The number of nitrogens with one attached hydrogen (secondary N) is 1. The predicted molar refractivity (Wildman–Crippen MR) is 98.3 cm³/mol. The molecule has 0 unspecified atom stereocenters. The lowest BCUT2D eigenvalue weighted by Gasteiger charge is -2.08. The van der Waals surface area contributed by atoms with Gasteiger partial charge < -0.3 is 19.5 Å². The summed E-state index contributed by atoms with van der Waals surface area (Å²) in [5, 5.41) is 2.87. The zero-order chi connectivity index (χ0) is 18.1. The van der Waals surface area contributed by atoms with E-state index in [1.807, 2.05) is 36.4 Å². The van der Waals surface area contributed by atoms with E-state index >= 15 is 0 Å². The van der Waals surface area contributed by atoms with E-state index in [0.717, 1.165) is 16.9 Å². The molecule has 0 aliphatic rings. The number of methoxy groups -OCH3 is 3. The first-order chi connectivity index (χ1) is 12.2. The Morgan fingerprint density at radius 2 is 1.68 bits per heavy atom. The largest absolute Gasteiger partial charge is 0.496 e. The number of rotatable bonds is 8. The van der Waals surface area contributed by atoms with Crippen molar-refractivity contribution in [3.63, 3.8) is 0 Å². The summed E-state index contributed by atoms with van der Waals surface area (Å²) in [7, 11) is 4.81. The molecule has 0 radical (unpaired) electrons. The van der Waals surface area contributed by atoms with Gasteiger partial charge in [-0.3, -0.25) is 4.79 Å². The van der Waals surface area contributed by atoms with Crippen LogP contribution in [-0.2, 0) is 11.2 Å². The molecule has 2 rings (SSSR count). The lowest BCUT2D eigenvalue weighted by Crippen LogP contribution is -2.23. The standard InChI is InChI=1S/C20H23NO4/c1-23-17-7-5-4-6-16(17)12-13-21-20(22)11-9-15-8-10-18(24-2)19(14-15)25-3/h4-11,14H,12-13H2,1-3H3,(H,21,22)/b11-9+. The van der Waals surface area contributed by atoms with Gasteiger partial charge in [-0.25, -0.2) is 0 Å². The molecule has 0 atom stereocenters. The molecule has 2 aromatic carbocycles. The fraction of sp³-hybridized carbons (Fsp3) is 0.250. The van der Waals surface area contributed by atoms with Crippen LogP contribution in [0.5, 0.6) is 17.2 Å². The lowest BCUT2D eigenvalue weighted by atomic mass is 10.1. The number of amides is 1. The number of carbonyl (C=O) groups is 1. The highest BCUT2D eigenvalue weighted by Gasteiger charge is 2.04. The summed E-state index contributed by atoms with van der Waals surface area (Å²) in [4.78, 5) is 12.0. The number of hydrogen-bond acceptors (Lipinski definition) is 4. The molecular weight excluding hydrogens is 318 g/mol. The second kappa shape index (κ2) is 9.37. The van der Waals surface area contributed by atoms with Crippen molar-refractivity contribution < 1.29 is 19.0 Å². The zero-order valence-corrected chi connectivity index (χ0v) is 14.7. The number of benzene rings is 2. The summed E-state index contributed by atoms with van der Waals surface area (Å²) in [5.41, 5.74) is 1.92. The third-order valence-corrected chi connectivity index (χ3v) is 3.72. The van der Waals surface area contributed by atoms with Crippen LogP contribution in [0.3, 0.4) is 0 Å². The van der Waals surface area contributed by atoms with Crippen LogP contribution in [0.15, 0.2) is 48.5 Å². The van der Waals surface area contributed by atoms with Gasteiger partial charge in [0, 0.05) is 12.6 Å². The van der Waals surface area contributed by atoms with Gasteiger partial charge in [0.1, 0.15) is 5.75 Å². The maximum absolute atomic E-state index is 12.0. The molecule has 0 aliphatic heterocycles. The Hall–Kier alpha value is -2.95. The maximum Gasteiger partial charge on any atom is 0.244 e. The highest BCUT2D eigenvalue weighted by Crippen LogP contribution is 2.27. The van der Waals surface area contributed by atoms with Gasteiger partial charge in [0.05, 0.1) is 21.3 Å². The zero-order valence-electron chi connectivity index (χ0n) is 14.7. The van der Waals surface area contributed by atoms with Crippen LogP contribution in [0.1, 0.15) is 11.1 Å². The summed E-state index contributed by atoms with van der Waals surface area (Å²) >= 11 is 0. The fourth-order valence-corrected chi connectivity index (χ4v) is 2.42. The molecule has 0 spiro atoms. The van der Waals surface area contributed by atoms with Crippen molar-refractivity contribution in [2.24, 2.45) is 0 Å². The second-order valence-electron chi connectivity index (χ2n) is 5.30. The van der Waals surface area contributed by atoms with E-state index in [4.69, 9.17) is 14.2 Å². The molecule has 0 saturated carbocycles. The smallest absolute Gasteiger partial charge is 0.244 e. The van der Waals surface area contributed by atoms with Gasteiger partial charge in [-0.05, 0) is 41.8 Å². The van der Waals surface area contributed by atoms with Crippen LogP contribution in [0.25, 0.3) is 6.08 Å². The van der Waals surface area contributed by atoms with E-state index in [2.05, 4.69) is 5.32 Å². The number of hydrogen-bond donors (Lipinski definition) is 1. The average Bonchev–Trinajstić information content (AvgIpc) is 2.66. The first-order valence-corrected chi connectivity index (χ1v) is 7.97. The van der Waals surface area contributed by atoms with Gasteiger partial charge in [-0.15, -0.1) is 0 Å². The average molecular weight is 341 g/mol. The monoisotopic (exact) mass is 341 g/mol. The van der Waals surface area contributed by atoms with Crippen molar-refractivity contribution >= 4 is 12.0 Å². The van der Waals surface area contributed by atoms with Gasteiger partial charge in [0.2, 0.25) is 5.91 Å². The molecule has 0 aliphatic carbocycles. The van der Waals surface area contributed by atoms with E-state index in [0.29, 0.717) is 24.5 Å². The molecular formula is C20H23NO4. The van der Waals surface area contributed by atoms with Crippen LogP contribution in [0.2, 0.25) is 0 Å². The Balaban J connectivity index is 1.88. The summed E-state index contributed by atoms with van der Waals surface area (Å²) in [5.74, 6) is 1.96. The van der Waals surface area contributed by atoms with E-state index in [-0.39, 0.29) is 5.91 Å². The summed E-state index contributed by atoms with van der Waals surface area (Å²) in [6, 6.07) is 13.3. The van der Waals surface area contributed by atoms with Crippen molar-refractivity contribution in [2.45, 2.75) is 6.42 Å². The number of para-hydroxylation sites is 1. The van der Waals surface area contributed by atoms with Crippen LogP contribution in [0.4, 0.5) is 0 Å². The molecule has 132 valence electrons. The maximum atomic E-state index is 12.0. The Morgan fingerprint density at radius 1 is 0.960 bits per heavy atom. The van der Waals surface area contributed by atoms with Crippen molar-refractivity contribution in [1.29, 1.82) is 0 Å². The van der Waals surface area contributed by atoms with Gasteiger partial charge in [0.25, 0.3) is 0 Å². The minimum Gasteiger partial charge on any atom is -0.496 e. The topological polar surface area (TPSA) is 56.8 Å². The van der Waals surface area contributed by atoms with E-state index in [9.17, 15) is 4.79 Å². The van der Waals surface area contributed by atoms with Crippen molar-refractivity contribution in [3.8, 4) is 17.2 Å². The predicted octanol–water partition coefficient (Wildman–Crippen LogP) is 3.08. The first kappa shape index (κ1) is 18.4. The minimum absolute atomic E-state index is 0.148. The minimum atomic E-state index is -0.148. The van der Waals surface area contributed by atoms with Crippen LogP contribution >= 0.6 is 0 Å². The van der Waals surface area contributed by atoms with E-state index in [1.165, 1.54) is 6.08 Å². The normalized spacial score (nSPS) is 10.5. The first-order valence-electron chi connectivity index (χ1n) is 7.97. The molecule has 0 aromatic heterocycles. The lowest BCUT2D eigenvalue weighted by molar-refractivity contribution is -0.116. The van der Waals surface area contributed by atoms with Gasteiger partial charge >= 0.3 is 0 Å². The third kappa shape index (κ3) is 5.28. The Kier molecular flexibility index (Phi) is 6.89. The van der Waals surface area contributed by atoms with E-state index < -0.39 is 0 Å². The molecule has 5 heteroatoms. The number of carbonyl (C=O) groups excluding carboxylic acids is 1. The molecule has 1 N–H and O–H groups in total. The third-order valence-electron chi connectivity index (χ3n) is 3.72. The molecule has 5 nitrogen and oxygen atoms in total. The summed E-state index contributed by atoms with van der Waals surface area (Å²) < 4.78 is 15.7. The fourth-order valence-electron chi connectivity index (χ4n) is 2.42. The molecule has 0 bridgehead atoms. The van der Waals surface area contributed by atoms with Gasteiger partial charge in [-0.1, -0.05) is 24.3 Å². The molecule has 0 saturated heterocycles. The molecule has 25 heavy (non-hydrogen) atoms. The van der Waals surface area contributed by atoms with Gasteiger partial charge in [-0.2, -0.15) is 0 Å². The quantitative estimate of drug-likeness (QED) is 0.750. The van der Waals surface area contributed by atoms with Crippen LogP contribution in [-0.4, -0.2) is 33.8 Å². The Bertz CT molecular complexity index is 740. The molecule has 2 aromatic rings. The Morgan fingerprint density at radius 3 is 2.40 bits per heavy atom. The highest BCUT2D eigenvalue weighted by atomic mass is 16.5. The van der Waals surface area contributed by atoms with Crippen LogP contribution < -0.4 is 19.5 Å². The van der Waals surface area contributed by atoms with E-state index in [1.54, 1.807) is 33.5 Å². The van der Waals surface area contributed by atoms with Crippen molar-refractivity contribution in [1.82, 2.24) is 5.32 Å². The molecule has 1 amide bonds. The van der Waals surface area contributed by atoms with Crippen molar-refractivity contribution in [2.75, 3.05) is 27.9 Å².